The summed E-state index contributed by atoms with van der Waals surface area (Å²) in [6.45, 7) is 5.80. The second kappa shape index (κ2) is 11.1. The number of rotatable bonds is 8. The molecule has 206 valence electrons. The first-order valence-corrected chi connectivity index (χ1v) is 13.0. The third-order valence-electron chi connectivity index (χ3n) is 6.29. The maximum atomic E-state index is 12.7. The smallest absolute Gasteiger partial charge is 0.413 e. The van der Waals surface area contributed by atoms with Crippen LogP contribution < -0.4 is 10.1 Å². The lowest BCUT2D eigenvalue weighted by atomic mass is 10.0. The van der Waals surface area contributed by atoms with Crippen LogP contribution in [0.15, 0.2) is 60.9 Å². The number of amides is 1. The largest absolute Gasteiger partial charge is 0.493 e. The van der Waals surface area contributed by atoms with Crippen molar-refractivity contribution in [3.63, 3.8) is 0 Å². The molecular formula is C30H31N5O5. The van der Waals surface area contributed by atoms with Gasteiger partial charge in [-0.1, -0.05) is 24.3 Å². The number of esters is 1. The number of methoxy groups -OCH3 is 1. The standard InChI is InChI=1S/C30H31N5O5/c1-30(2,3)40-29(37)33-27-25(18-11-12-23-21(16-18)26(35-34-23)28(36)38-4)24(13-14-31-27)39-15-7-8-19-17-32-22-10-6-5-9-20(19)22/h5-6,9-14,16-17,32H,7-8,15H2,1-4H3,(H,34,35)(H,31,33,37). The summed E-state index contributed by atoms with van der Waals surface area (Å²) in [5.74, 6) is 0.240. The molecule has 5 rings (SSSR count). The van der Waals surface area contributed by atoms with Gasteiger partial charge in [0.25, 0.3) is 0 Å². The monoisotopic (exact) mass is 541 g/mol. The first kappa shape index (κ1) is 26.7. The Morgan fingerprint density at radius 3 is 2.65 bits per heavy atom. The van der Waals surface area contributed by atoms with Crippen LogP contribution in [0.5, 0.6) is 5.75 Å². The third kappa shape index (κ3) is 5.75. The molecule has 10 heteroatoms. The minimum atomic E-state index is -0.689. The Morgan fingerprint density at radius 2 is 1.85 bits per heavy atom. The molecule has 0 bridgehead atoms. The molecule has 2 aromatic carbocycles. The summed E-state index contributed by atoms with van der Waals surface area (Å²) < 4.78 is 16.6. The van der Waals surface area contributed by atoms with Crippen molar-refractivity contribution >= 4 is 39.7 Å². The molecule has 0 fully saturated rings. The fraction of sp³-hybridized carbons (Fsp3) is 0.267. The van der Waals surface area contributed by atoms with Gasteiger partial charge in [-0.15, -0.1) is 0 Å². The number of anilines is 1. The van der Waals surface area contributed by atoms with Crippen LogP contribution >= 0.6 is 0 Å². The second-order valence-corrected chi connectivity index (χ2v) is 10.3. The molecule has 10 nitrogen and oxygen atoms in total. The van der Waals surface area contributed by atoms with Crippen LogP contribution in [0.1, 0.15) is 43.2 Å². The van der Waals surface area contributed by atoms with E-state index in [-0.39, 0.29) is 11.5 Å². The molecule has 0 aliphatic carbocycles. The van der Waals surface area contributed by atoms with Gasteiger partial charge in [-0.2, -0.15) is 5.10 Å². The first-order valence-electron chi connectivity index (χ1n) is 13.0. The van der Waals surface area contributed by atoms with Crippen molar-refractivity contribution in [2.45, 2.75) is 39.2 Å². The van der Waals surface area contributed by atoms with Crippen LogP contribution in [-0.4, -0.2) is 51.5 Å². The van der Waals surface area contributed by atoms with Crippen molar-refractivity contribution in [1.82, 2.24) is 20.2 Å². The number of aromatic nitrogens is 4. The zero-order chi connectivity index (χ0) is 28.3. The molecule has 0 radical (unpaired) electrons. The Balaban J connectivity index is 1.45. The normalized spacial score (nSPS) is 11.5. The summed E-state index contributed by atoms with van der Waals surface area (Å²) in [4.78, 5) is 32.7. The number of pyridine rings is 1. The molecule has 5 aromatic rings. The molecule has 0 unspecified atom stereocenters. The quantitative estimate of drug-likeness (QED) is 0.156. The Hall–Kier alpha value is -4.86. The number of H-pyrrole nitrogens is 2. The van der Waals surface area contributed by atoms with E-state index in [0.717, 1.165) is 18.4 Å². The number of nitrogens with one attached hydrogen (secondary N) is 3. The molecule has 0 atom stereocenters. The van der Waals surface area contributed by atoms with Crippen molar-refractivity contribution in [2.75, 3.05) is 19.0 Å². The summed E-state index contributed by atoms with van der Waals surface area (Å²) in [5.41, 5.74) is 3.69. The predicted molar refractivity (Wildman–Crippen MR) is 153 cm³/mol. The van der Waals surface area contributed by atoms with E-state index < -0.39 is 17.7 Å². The van der Waals surface area contributed by atoms with Gasteiger partial charge >= 0.3 is 12.1 Å². The molecular weight excluding hydrogens is 510 g/mol. The third-order valence-corrected chi connectivity index (χ3v) is 6.29. The lowest BCUT2D eigenvalue weighted by Gasteiger charge is -2.21. The van der Waals surface area contributed by atoms with Gasteiger partial charge in [0.1, 0.15) is 17.2 Å². The van der Waals surface area contributed by atoms with Gasteiger partial charge in [0.2, 0.25) is 0 Å². The van der Waals surface area contributed by atoms with Gasteiger partial charge < -0.3 is 19.2 Å². The van der Waals surface area contributed by atoms with Crippen molar-refractivity contribution in [3.05, 3.63) is 72.2 Å². The maximum Gasteiger partial charge on any atom is 0.413 e. The van der Waals surface area contributed by atoms with Gasteiger partial charge in [-0.3, -0.25) is 10.4 Å². The number of hydrogen-bond donors (Lipinski definition) is 3. The predicted octanol–water partition coefficient (Wildman–Crippen LogP) is 6.25. The highest BCUT2D eigenvalue weighted by molar-refractivity contribution is 6.04. The number of carbonyl (C=O) groups excluding carboxylic acids is 2. The van der Waals surface area contributed by atoms with Crippen LogP contribution in [0.2, 0.25) is 0 Å². The minimum Gasteiger partial charge on any atom is -0.493 e. The van der Waals surface area contributed by atoms with Crippen LogP contribution in [0.25, 0.3) is 32.9 Å². The molecule has 0 aliphatic heterocycles. The molecule has 0 aliphatic rings. The van der Waals surface area contributed by atoms with E-state index in [1.165, 1.54) is 18.1 Å². The number of fused-ring (bicyclic) bond motifs is 2. The molecule has 1 amide bonds. The molecule has 0 saturated carbocycles. The average Bonchev–Trinajstić information content (AvgIpc) is 3.53. The summed E-state index contributed by atoms with van der Waals surface area (Å²) in [6, 6.07) is 15.4. The van der Waals surface area contributed by atoms with E-state index >= 15 is 0 Å². The zero-order valence-electron chi connectivity index (χ0n) is 22.8. The number of carbonyl (C=O) groups is 2. The number of aryl methyl sites for hydroxylation is 1. The summed E-state index contributed by atoms with van der Waals surface area (Å²) >= 11 is 0. The van der Waals surface area contributed by atoms with E-state index in [2.05, 4.69) is 37.6 Å². The Bertz CT molecular complexity index is 1680. The fourth-order valence-corrected chi connectivity index (χ4v) is 4.54. The number of benzene rings is 2. The van der Waals surface area contributed by atoms with Crippen LogP contribution in [0, 0.1) is 0 Å². The van der Waals surface area contributed by atoms with Gasteiger partial charge in [-0.25, -0.2) is 14.6 Å². The van der Waals surface area contributed by atoms with E-state index in [0.29, 0.717) is 34.4 Å². The highest BCUT2D eigenvalue weighted by Gasteiger charge is 2.22. The van der Waals surface area contributed by atoms with Gasteiger partial charge in [0, 0.05) is 28.7 Å². The molecule has 3 aromatic heterocycles. The number of hydrogen-bond acceptors (Lipinski definition) is 7. The molecule has 0 spiro atoms. The van der Waals surface area contributed by atoms with E-state index in [1.54, 1.807) is 45.2 Å². The van der Waals surface area contributed by atoms with Crippen molar-refractivity contribution in [1.29, 1.82) is 0 Å². The number of nitrogens with zero attached hydrogens (tertiary/aromatic N) is 2. The lowest BCUT2D eigenvalue weighted by Crippen LogP contribution is -2.27. The number of para-hydroxylation sites is 1. The summed E-state index contributed by atoms with van der Waals surface area (Å²) in [7, 11) is 1.30. The minimum absolute atomic E-state index is 0.158. The molecule has 3 heterocycles. The Morgan fingerprint density at radius 1 is 1.02 bits per heavy atom. The Kier molecular flexibility index (Phi) is 7.41. The molecule has 3 N–H and O–H groups in total. The number of ether oxygens (including phenoxy) is 3. The lowest BCUT2D eigenvalue weighted by molar-refractivity contribution is 0.0593. The number of aromatic amines is 2. The topological polar surface area (TPSA) is 131 Å². The highest BCUT2D eigenvalue weighted by atomic mass is 16.6. The van der Waals surface area contributed by atoms with E-state index in [4.69, 9.17) is 14.2 Å². The van der Waals surface area contributed by atoms with Crippen molar-refractivity contribution in [2.24, 2.45) is 0 Å². The van der Waals surface area contributed by atoms with Crippen LogP contribution in [0.4, 0.5) is 10.6 Å². The van der Waals surface area contributed by atoms with Crippen LogP contribution in [-0.2, 0) is 15.9 Å². The van der Waals surface area contributed by atoms with E-state index in [1.807, 2.05) is 24.4 Å². The van der Waals surface area contributed by atoms with Gasteiger partial charge in [-0.05, 0) is 69.0 Å². The maximum absolute atomic E-state index is 12.7. The highest BCUT2D eigenvalue weighted by Crippen LogP contribution is 2.37. The van der Waals surface area contributed by atoms with Crippen LogP contribution in [0.3, 0.4) is 0 Å². The molecule has 0 saturated heterocycles. The average molecular weight is 542 g/mol. The SMILES string of the molecule is COC(=O)c1n[nH]c2ccc(-c3c(OCCCc4c[nH]c5ccccc45)ccnc3NC(=O)OC(C)(C)C)cc12. The zero-order valence-corrected chi connectivity index (χ0v) is 22.8. The van der Waals surface area contributed by atoms with Gasteiger partial charge in [0.15, 0.2) is 5.69 Å². The van der Waals surface area contributed by atoms with E-state index in [9.17, 15) is 9.59 Å². The summed E-state index contributed by atoms with van der Waals surface area (Å²) in [6.07, 6.45) is 4.56. The Labute approximate surface area is 231 Å². The summed E-state index contributed by atoms with van der Waals surface area (Å²) in [5, 5.41) is 11.5. The van der Waals surface area contributed by atoms with Crippen molar-refractivity contribution in [3.8, 4) is 16.9 Å². The first-order chi connectivity index (χ1) is 19.2. The second-order valence-electron chi connectivity index (χ2n) is 10.3. The van der Waals surface area contributed by atoms with Gasteiger partial charge in [0.05, 0.1) is 24.8 Å². The molecule has 40 heavy (non-hydrogen) atoms. The fourth-order valence-electron chi connectivity index (χ4n) is 4.54. The van der Waals surface area contributed by atoms with Crippen molar-refractivity contribution < 1.29 is 23.8 Å².